The molecule has 35 heavy (non-hydrogen) atoms. The molecule has 1 atom stereocenters. The number of aromatic nitrogens is 1. The zero-order valence-corrected chi connectivity index (χ0v) is 20.7. The van der Waals surface area contributed by atoms with Crippen molar-refractivity contribution in [2.75, 3.05) is 40.3 Å². The Bertz CT molecular complexity index is 1180. The molecule has 1 aliphatic rings. The maximum atomic E-state index is 11.3. The minimum absolute atomic E-state index is 0.132. The van der Waals surface area contributed by atoms with Crippen LogP contribution in [0.15, 0.2) is 54.7 Å². The zero-order valence-electron chi connectivity index (χ0n) is 20.7. The maximum absolute atomic E-state index is 11.3. The molecule has 186 valence electrons. The van der Waals surface area contributed by atoms with Gasteiger partial charge in [0.25, 0.3) is 5.91 Å². The first-order chi connectivity index (χ1) is 17.0. The third kappa shape index (κ3) is 6.00. The second-order valence-electron chi connectivity index (χ2n) is 9.50. The molecule has 1 aliphatic carbocycles. The molecule has 0 bridgehead atoms. The molecule has 0 aliphatic heterocycles. The van der Waals surface area contributed by atoms with E-state index in [4.69, 9.17) is 5.21 Å². The van der Waals surface area contributed by atoms with Crippen LogP contribution in [0.4, 0.5) is 0 Å². The van der Waals surface area contributed by atoms with Crippen LogP contribution in [-0.4, -0.2) is 70.9 Å². The first-order valence-electron chi connectivity index (χ1n) is 12.3. The van der Waals surface area contributed by atoms with Crippen molar-refractivity contribution < 1.29 is 15.1 Å². The molecule has 1 aromatic heterocycles. The van der Waals surface area contributed by atoms with Crippen molar-refractivity contribution in [3.8, 4) is 0 Å². The minimum atomic E-state index is -0.541. The lowest BCUT2D eigenvalue weighted by molar-refractivity contribution is -0.124. The third-order valence-electron chi connectivity index (χ3n) is 6.91. The average molecular weight is 477 g/mol. The number of carbonyl (C=O) groups excluding carboxylic acids is 1. The van der Waals surface area contributed by atoms with E-state index in [0.29, 0.717) is 6.54 Å². The van der Waals surface area contributed by atoms with Crippen LogP contribution < -0.4 is 5.48 Å². The monoisotopic (exact) mass is 476 g/mol. The summed E-state index contributed by atoms with van der Waals surface area (Å²) in [6.07, 6.45) is 8.25. The molecular formula is C28H36N4O3. The van der Waals surface area contributed by atoms with Gasteiger partial charge in [0.05, 0.1) is 6.61 Å². The van der Waals surface area contributed by atoms with E-state index >= 15 is 0 Å². The summed E-state index contributed by atoms with van der Waals surface area (Å²) in [4.78, 5) is 15.9. The van der Waals surface area contributed by atoms with Gasteiger partial charge in [-0.3, -0.25) is 14.9 Å². The fraction of sp³-hybridized carbons (Fsp3) is 0.393. The van der Waals surface area contributed by atoms with E-state index in [1.807, 2.05) is 6.07 Å². The van der Waals surface area contributed by atoms with Crippen LogP contribution in [0.3, 0.4) is 0 Å². The number of hydrogen-bond acceptors (Lipinski definition) is 5. The van der Waals surface area contributed by atoms with Crippen molar-refractivity contribution in [2.45, 2.75) is 31.8 Å². The fourth-order valence-corrected chi connectivity index (χ4v) is 5.14. The Balaban J connectivity index is 1.50. The van der Waals surface area contributed by atoms with Gasteiger partial charge in [0.1, 0.15) is 0 Å². The Morgan fingerprint density at radius 3 is 2.77 bits per heavy atom. The Kier molecular flexibility index (Phi) is 8.36. The number of benzene rings is 2. The Hall–Kier alpha value is -2.97. The van der Waals surface area contributed by atoms with Gasteiger partial charge in [0.2, 0.25) is 0 Å². The van der Waals surface area contributed by atoms with E-state index in [1.165, 1.54) is 33.7 Å². The molecule has 7 nitrogen and oxygen atoms in total. The second kappa shape index (κ2) is 11.6. The van der Waals surface area contributed by atoms with E-state index in [1.54, 1.807) is 11.6 Å². The van der Waals surface area contributed by atoms with Crippen LogP contribution >= 0.6 is 0 Å². The number of nitrogens with one attached hydrogen (secondary N) is 1. The van der Waals surface area contributed by atoms with E-state index in [9.17, 15) is 9.90 Å². The quantitative estimate of drug-likeness (QED) is 0.225. The summed E-state index contributed by atoms with van der Waals surface area (Å²) in [5.74, 6) is -0.541. The molecule has 1 amide bonds. The number of hydroxylamine groups is 1. The van der Waals surface area contributed by atoms with E-state index in [-0.39, 0.29) is 12.6 Å². The highest BCUT2D eigenvalue weighted by Gasteiger charge is 2.28. The first-order valence-corrected chi connectivity index (χ1v) is 12.3. The van der Waals surface area contributed by atoms with Crippen LogP contribution in [0, 0.1) is 0 Å². The van der Waals surface area contributed by atoms with Gasteiger partial charge in [-0.15, -0.1) is 0 Å². The van der Waals surface area contributed by atoms with Gasteiger partial charge >= 0.3 is 0 Å². The highest BCUT2D eigenvalue weighted by Crippen LogP contribution is 2.36. The van der Waals surface area contributed by atoms with Gasteiger partial charge in [-0.05, 0) is 67.8 Å². The lowest BCUT2D eigenvalue weighted by Crippen LogP contribution is -2.32. The van der Waals surface area contributed by atoms with Gasteiger partial charge in [0, 0.05) is 55.4 Å². The number of rotatable bonds is 11. The number of nitrogens with zero attached hydrogens (tertiary/aromatic N) is 3. The molecule has 3 aromatic rings. The van der Waals surface area contributed by atoms with Crippen molar-refractivity contribution in [2.24, 2.45) is 0 Å². The molecule has 0 radical (unpaired) electrons. The molecule has 0 saturated carbocycles. The molecule has 2 aromatic carbocycles. The largest absolute Gasteiger partial charge is 0.395 e. The highest BCUT2D eigenvalue weighted by molar-refractivity contribution is 5.90. The number of hydrogen-bond donors (Lipinski definition) is 3. The molecule has 0 saturated heterocycles. The molecule has 4 rings (SSSR count). The summed E-state index contributed by atoms with van der Waals surface area (Å²) >= 11 is 0. The van der Waals surface area contributed by atoms with Gasteiger partial charge in [-0.2, -0.15) is 0 Å². The third-order valence-corrected chi connectivity index (χ3v) is 6.91. The molecule has 0 spiro atoms. The lowest BCUT2D eigenvalue weighted by atomic mass is 10.0. The van der Waals surface area contributed by atoms with Crippen molar-refractivity contribution in [3.05, 3.63) is 77.0 Å². The number of carbonyl (C=O) groups is 1. The maximum Gasteiger partial charge on any atom is 0.267 e. The van der Waals surface area contributed by atoms with Crippen LogP contribution in [0.5, 0.6) is 0 Å². The van der Waals surface area contributed by atoms with E-state index in [2.05, 4.69) is 71.1 Å². The van der Waals surface area contributed by atoms with Crippen molar-refractivity contribution in [1.29, 1.82) is 0 Å². The molecule has 7 heteroatoms. The predicted molar refractivity (Wildman–Crippen MR) is 139 cm³/mol. The number of para-hydroxylation sites is 1. The molecular weight excluding hydrogens is 440 g/mol. The fourth-order valence-electron chi connectivity index (χ4n) is 5.14. The SMILES string of the molecule is CN(C)CCn1cc(CCN(CCO)C2CCc3cc(/C=C/C(=O)NO)ccc32)c2ccccc21. The zero-order chi connectivity index (χ0) is 24.8. The molecule has 1 heterocycles. The van der Waals surface area contributed by atoms with Crippen LogP contribution in [0.1, 0.15) is 34.7 Å². The number of aliphatic hydroxyl groups is 1. The normalized spacial score (nSPS) is 15.5. The number of likely N-dealkylation sites (N-methyl/N-ethyl adjacent to an activating group) is 1. The summed E-state index contributed by atoms with van der Waals surface area (Å²) in [5, 5.41) is 19.8. The standard InChI is InChI=1S/C28H36N4O3/c1-30(2)15-16-32-20-23(24-5-3-4-6-26(24)32)13-14-31(17-18-33)27-11-9-22-19-21(7-10-25(22)27)8-12-28(34)29-35/h3-8,10,12,19-20,27,33,35H,9,11,13-18H2,1-2H3,(H,29,34)/b12-8+. The average Bonchev–Trinajstić information content (AvgIpc) is 3.45. The summed E-state index contributed by atoms with van der Waals surface area (Å²) < 4.78 is 2.36. The van der Waals surface area contributed by atoms with Gasteiger partial charge < -0.3 is 14.6 Å². The van der Waals surface area contributed by atoms with Gasteiger partial charge in [-0.25, -0.2) is 5.48 Å². The smallest absolute Gasteiger partial charge is 0.267 e. The van der Waals surface area contributed by atoms with Crippen LogP contribution in [-0.2, 0) is 24.2 Å². The number of fused-ring (bicyclic) bond motifs is 2. The Morgan fingerprint density at radius 2 is 2.00 bits per heavy atom. The first kappa shape index (κ1) is 25.1. The Morgan fingerprint density at radius 1 is 1.17 bits per heavy atom. The van der Waals surface area contributed by atoms with E-state index < -0.39 is 5.91 Å². The number of aliphatic hydroxyl groups excluding tert-OH is 1. The molecule has 3 N–H and O–H groups in total. The number of aryl methyl sites for hydroxylation is 1. The van der Waals surface area contributed by atoms with Crippen molar-refractivity contribution in [3.63, 3.8) is 0 Å². The highest BCUT2D eigenvalue weighted by atomic mass is 16.5. The number of amides is 1. The summed E-state index contributed by atoms with van der Waals surface area (Å²) in [6, 6.07) is 15.2. The van der Waals surface area contributed by atoms with Gasteiger partial charge in [0.15, 0.2) is 0 Å². The molecule has 0 fully saturated rings. The predicted octanol–water partition coefficient (Wildman–Crippen LogP) is 3.25. The van der Waals surface area contributed by atoms with Crippen LogP contribution in [0.2, 0.25) is 0 Å². The second-order valence-corrected chi connectivity index (χ2v) is 9.50. The Labute approximate surface area is 207 Å². The van der Waals surface area contributed by atoms with E-state index in [0.717, 1.165) is 44.5 Å². The van der Waals surface area contributed by atoms with Crippen LogP contribution in [0.25, 0.3) is 17.0 Å². The topological polar surface area (TPSA) is 81.0 Å². The van der Waals surface area contributed by atoms with Gasteiger partial charge in [-0.1, -0.05) is 36.4 Å². The van der Waals surface area contributed by atoms with Crippen molar-refractivity contribution in [1.82, 2.24) is 19.8 Å². The summed E-state index contributed by atoms with van der Waals surface area (Å²) in [6.45, 7) is 3.61. The van der Waals surface area contributed by atoms with Crippen molar-refractivity contribution >= 4 is 22.9 Å². The summed E-state index contributed by atoms with van der Waals surface area (Å²) in [7, 11) is 4.20. The summed E-state index contributed by atoms with van der Waals surface area (Å²) in [5.41, 5.74) is 7.76. The molecule has 1 unspecified atom stereocenters. The lowest BCUT2D eigenvalue weighted by Gasteiger charge is -2.29. The minimum Gasteiger partial charge on any atom is -0.395 e.